The lowest BCUT2D eigenvalue weighted by Gasteiger charge is -2.13. The van der Waals surface area contributed by atoms with Crippen molar-refractivity contribution >= 4 is 34.2 Å². The molecule has 0 aliphatic rings. The maximum atomic E-state index is 12.6. The fraction of sp³-hybridized carbons (Fsp3) is 0.174. The average Bonchev–Trinajstić information content (AvgIpc) is 2.72. The van der Waals surface area contributed by atoms with Gasteiger partial charge in [0, 0.05) is 14.1 Å². The van der Waals surface area contributed by atoms with E-state index in [9.17, 15) is 14.4 Å². The molecule has 0 unspecified atom stereocenters. The van der Waals surface area contributed by atoms with Gasteiger partial charge in [0.15, 0.2) is 6.61 Å². The molecule has 0 aliphatic carbocycles. The number of hydrogen-bond donors (Lipinski definition) is 1. The predicted octanol–water partition coefficient (Wildman–Crippen LogP) is 3.27. The minimum absolute atomic E-state index is 0.170. The van der Waals surface area contributed by atoms with E-state index in [1.54, 1.807) is 38.4 Å². The summed E-state index contributed by atoms with van der Waals surface area (Å²) in [6, 6.07) is 20.3. The number of nitrogens with zero attached hydrogens (tertiary/aromatic N) is 1. The Hall–Kier alpha value is -3.67. The molecule has 0 aliphatic heterocycles. The van der Waals surface area contributed by atoms with Gasteiger partial charge in [0.25, 0.3) is 5.91 Å². The molecule has 0 fully saturated rings. The van der Waals surface area contributed by atoms with Crippen molar-refractivity contribution in [2.24, 2.45) is 0 Å². The van der Waals surface area contributed by atoms with Gasteiger partial charge in [-0.1, -0.05) is 54.6 Å². The number of carbonyl (C=O) groups excluding carboxylic acids is 3. The van der Waals surface area contributed by atoms with Gasteiger partial charge in [0.1, 0.15) is 0 Å². The molecular formula is C23H22N2O4. The molecule has 148 valence electrons. The largest absolute Gasteiger partial charge is 0.452 e. The predicted molar refractivity (Wildman–Crippen MR) is 112 cm³/mol. The Labute approximate surface area is 169 Å². The zero-order valence-corrected chi connectivity index (χ0v) is 16.3. The number of esters is 1. The number of carbonyl (C=O) groups is 3. The number of para-hydroxylation sites is 1. The first-order valence-corrected chi connectivity index (χ1v) is 9.18. The molecule has 0 heterocycles. The van der Waals surface area contributed by atoms with Gasteiger partial charge in [0.2, 0.25) is 5.91 Å². The van der Waals surface area contributed by atoms with E-state index in [0.717, 1.165) is 16.3 Å². The number of nitrogens with one attached hydrogen (secondary N) is 1. The number of likely N-dealkylation sites (N-methyl/N-ethyl adjacent to an activating group) is 1. The smallest absolute Gasteiger partial charge is 0.340 e. The summed E-state index contributed by atoms with van der Waals surface area (Å²) in [4.78, 5) is 38.0. The highest BCUT2D eigenvalue weighted by molar-refractivity contribution is 6.03. The van der Waals surface area contributed by atoms with Crippen LogP contribution in [0.2, 0.25) is 0 Å². The van der Waals surface area contributed by atoms with Gasteiger partial charge in [-0.25, -0.2) is 4.79 Å². The lowest BCUT2D eigenvalue weighted by Crippen LogP contribution is -2.27. The summed E-state index contributed by atoms with van der Waals surface area (Å²) in [5, 5.41) is 4.86. The highest BCUT2D eigenvalue weighted by atomic mass is 16.5. The maximum Gasteiger partial charge on any atom is 0.340 e. The molecule has 1 N–H and O–H groups in total. The highest BCUT2D eigenvalue weighted by Gasteiger charge is 2.17. The zero-order chi connectivity index (χ0) is 20.8. The molecule has 0 bridgehead atoms. The number of fused-ring (bicyclic) bond motifs is 1. The Morgan fingerprint density at radius 1 is 0.897 bits per heavy atom. The normalized spacial score (nSPS) is 10.4. The lowest BCUT2D eigenvalue weighted by atomic mass is 10.0. The van der Waals surface area contributed by atoms with Crippen molar-refractivity contribution in [2.75, 3.05) is 26.0 Å². The molecule has 0 saturated heterocycles. The Morgan fingerprint density at radius 3 is 2.38 bits per heavy atom. The monoisotopic (exact) mass is 390 g/mol. The molecule has 29 heavy (non-hydrogen) atoms. The van der Waals surface area contributed by atoms with E-state index in [1.807, 2.05) is 42.5 Å². The van der Waals surface area contributed by atoms with Gasteiger partial charge in [-0.2, -0.15) is 0 Å². The first kappa shape index (κ1) is 20.1. The summed E-state index contributed by atoms with van der Waals surface area (Å²) in [5.41, 5.74) is 1.45. The molecule has 3 rings (SSSR count). The Bertz CT molecular complexity index is 1050. The van der Waals surface area contributed by atoms with Crippen LogP contribution in [0.5, 0.6) is 0 Å². The van der Waals surface area contributed by atoms with Gasteiger partial charge in [-0.15, -0.1) is 0 Å². The lowest BCUT2D eigenvalue weighted by molar-refractivity contribution is -0.132. The van der Waals surface area contributed by atoms with E-state index in [0.29, 0.717) is 5.69 Å². The summed E-state index contributed by atoms with van der Waals surface area (Å²) in [6.45, 7) is -0.357. The van der Waals surface area contributed by atoms with E-state index in [4.69, 9.17) is 4.74 Å². The Morgan fingerprint density at radius 2 is 1.59 bits per heavy atom. The van der Waals surface area contributed by atoms with E-state index in [1.165, 1.54) is 4.90 Å². The van der Waals surface area contributed by atoms with Crippen LogP contribution in [0.1, 0.15) is 15.9 Å². The van der Waals surface area contributed by atoms with Gasteiger partial charge in [-0.05, 0) is 28.5 Å². The first-order chi connectivity index (χ1) is 14.0. The van der Waals surface area contributed by atoms with E-state index in [2.05, 4.69) is 5.32 Å². The number of hydrogen-bond acceptors (Lipinski definition) is 4. The number of ether oxygens (including phenoxy) is 1. The molecule has 2 amide bonds. The van der Waals surface area contributed by atoms with E-state index < -0.39 is 5.97 Å². The molecule has 0 saturated carbocycles. The highest BCUT2D eigenvalue weighted by Crippen LogP contribution is 2.21. The molecule has 3 aromatic rings. The molecule has 6 heteroatoms. The molecule has 6 nitrogen and oxygen atoms in total. The van der Waals surface area contributed by atoms with Crippen LogP contribution in [-0.4, -0.2) is 43.4 Å². The van der Waals surface area contributed by atoms with E-state index >= 15 is 0 Å². The molecular weight excluding hydrogens is 368 g/mol. The van der Waals surface area contributed by atoms with Crippen LogP contribution in [0, 0.1) is 0 Å². The number of amides is 2. The van der Waals surface area contributed by atoms with Crippen LogP contribution < -0.4 is 5.32 Å². The summed E-state index contributed by atoms with van der Waals surface area (Å²) in [7, 11) is 3.16. The zero-order valence-electron chi connectivity index (χ0n) is 16.3. The van der Waals surface area contributed by atoms with Crippen LogP contribution in [-0.2, 0) is 20.7 Å². The standard InChI is InChI=1S/C23H22N2O4/c1-25(2)22(27)15-29-23(28)19-12-5-6-13-20(19)24-21(26)14-17-10-7-9-16-8-3-4-11-18(16)17/h3-13H,14-15H2,1-2H3,(H,24,26). The SMILES string of the molecule is CN(C)C(=O)COC(=O)c1ccccc1NC(=O)Cc1cccc2ccccc12. The van der Waals surface area contributed by atoms with Crippen LogP contribution in [0.3, 0.4) is 0 Å². The van der Waals surface area contributed by atoms with Crippen molar-refractivity contribution in [3.63, 3.8) is 0 Å². The fourth-order valence-corrected chi connectivity index (χ4v) is 2.92. The van der Waals surface area contributed by atoms with Crippen molar-refractivity contribution in [3.05, 3.63) is 77.9 Å². The number of anilines is 1. The summed E-state index contributed by atoms with van der Waals surface area (Å²) in [6.07, 6.45) is 0.170. The van der Waals surface area contributed by atoms with Gasteiger partial charge in [-0.3, -0.25) is 9.59 Å². The molecule has 0 atom stereocenters. The second-order valence-electron chi connectivity index (χ2n) is 6.77. The van der Waals surface area contributed by atoms with Crippen molar-refractivity contribution in [2.45, 2.75) is 6.42 Å². The first-order valence-electron chi connectivity index (χ1n) is 9.18. The van der Waals surface area contributed by atoms with Crippen molar-refractivity contribution < 1.29 is 19.1 Å². The Balaban J connectivity index is 1.72. The van der Waals surface area contributed by atoms with Crippen molar-refractivity contribution in [3.8, 4) is 0 Å². The minimum atomic E-state index is -0.665. The number of rotatable bonds is 6. The van der Waals surface area contributed by atoms with Crippen LogP contribution in [0.4, 0.5) is 5.69 Å². The van der Waals surface area contributed by atoms with Gasteiger partial charge < -0.3 is 15.0 Å². The van der Waals surface area contributed by atoms with Crippen LogP contribution >= 0.6 is 0 Å². The quantitative estimate of drug-likeness (QED) is 0.656. The minimum Gasteiger partial charge on any atom is -0.452 e. The fourth-order valence-electron chi connectivity index (χ4n) is 2.92. The molecule has 3 aromatic carbocycles. The van der Waals surface area contributed by atoms with E-state index in [-0.39, 0.29) is 30.4 Å². The third-order valence-corrected chi connectivity index (χ3v) is 4.48. The second-order valence-corrected chi connectivity index (χ2v) is 6.77. The third-order valence-electron chi connectivity index (χ3n) is 4.48. The summed E-state index contributed by atoms with van der Waals surface area (Å²) < 4.78 is 5.07. The van der Waals surface area contributed by atoms with Crippen LogP contribution in [0.15, 0.2) is 66.7 Å². The van der Waals surface area contributed by atoms with Crippen LogP contribution in [0.25, 0.3) is 10.8 Å². The molecule has 0 aromatic heterocycles. The summed E-state index contributed by atoms with van der Waals surface area (Å²) in [5.74, 6) is -1.23. The topological polar surface area (TPSA) is 75.7 Å². The average molecular weight is 390 g/mol. The van der Waals surface area contributed by atoms with Crippen molar-refractivity contribution in [1.82, 2.24) is 4.90 Å². The Kier molecular flexibility index (Phi) is 6.24. The maximum absolute atomic E-state index is 12.6. The molecule has 0 radical (unpaired) electrons. The molecule has 0 spiro atoms. The van der Waals surface area contributed by atoms with Gasteiger partial charge >= 0.3 is 5.97 Å². The number of benzene rings is 3. The second kappa shape index (κ2) is 9.01. The summed E-state index contributed by atoms with van der Waals surface area (Å²) >= 11 is 0. The third kappa shape index (κ3) is 4.99. The van der Waals surface area contributed by atoms with Crippen molar-refractivity contribution in [1.29, 1.82) is 0 Å². The van der Waals surface area contributed by atoms with Gasteiger partial charge in [0.05, 0.1) is 17.7 Å².